The third-order valence-electron chi connectivity index (χ3n) is 1.47. The minimum atomic E-state index is -4.08. The summed E-state index contributed by atoms with van der Waals surface area (Å²) in [5.74, 6) is 0. The summed E-state index contributed by atoms with van der Waals surface area (Å²) in [5, 5.41) is 8.39. The average Bonchev–Trinajstić information content (AvgIpc) is 1.95. The molecule has 0 saturated carbocycles. The highest BCUT2D eigenvalue weighted by Gasteiger charge is 2.26. The molecular weight excluding hydrogens is 171 g/mol. The Labute approximate surface area is 70.0 Å². The predicted molar refractivity (Wildman–Crippen MR) is 39.9 cm³/mol. The first-order valence-corrected chi connectivity index (χ1v) is 3.82. The molecule has 0 radical (unpaired) electrons. The second-order valence-corrected chi connectivity index (χ2v) is 2.75. The largest absolute Gasteiger partial charge is 0.396 e. The van der Waals surface area contributed by atoms with E-state index in [1.165, 1.54) is 0 Å². The molecule has 0 aromatic carbocycles. The van der Waals surface area contributed by atoms with Crippen molar-refractivity contribution in [2.24, 2.45) is 0 Å². The molecule has 5 heteroatoms. The molecule has 0 aromatic heterocycles. The van der Waals surface area contributed by atoms with E-state index in [9.17, 15) is 13.2 Å². The first-order chi connectivity index (χ1) is 5.45. The molecule has 0 heterocycles. The highest BCUT2D eigenvalue weighted by Crippen LogP contribution is 2.19. The van der Waals surface area contributed by atoms with Gasteiger partial charge in [-0.15, -0.1) is 0 Å². The van der Waals surface area contributed by atoms with Crippen molar-refractivity contribution in [2.75, 3.05) is 26.7 Å². The Kier molecular flexibility index (Phi) is 5.24. The molecule has 0 unspecified atom stereocenters. The smallest absolute Gasteiger partial charge is 0.390 e. The number of aliphatic hydroxyl groups excluding tert-OH is 1. The van der Waals surface area contributed by atoms with Crippen LogP contribution in [0.5, 0.6) is 0 Å². The maximum absolute atomic E-state index is 11.7. The molecule has 0 aliphatic rings. The Hall–Kier alpha value is -0.290. The van der Waals surface area contributed by atoms with E-state index >= 15 is 0 Å². The number of hydrogen-bond acceptors (Lipinski definition) is 2. The van der Waals surface area contributed by atoms with Crippen molar-refractivity contribution in [1.82, 2.24) is 4.90 Å². The first-order valence-electron chi connectivity index (χ1n) is 3.82. The molecule has 0 spiro atoms. The second-order valence-electron chi connectivity index (χ2n) is 2.75. The third-order valence-corrected chi connectivity index (χ3v) is 1.47. The molecule has 0 atom stereocenters. The van der Waals surface area contributed by atoms with Crippen molar-refractivity contribution in [3.05, 3.63) is 0 Å². The number of nitrogens with zero attached hydrogens (tertiary/aromatic N) is 1. The molecule has 74 valence electrons. The first kappa shape index (κ1) is 11.7. The summed E-state index contributed by atoms with van der Waals surface area (Å²) in [5.41, 5.74) is 0. The zero-order chi connectivity index (χ0) is 9.61. The van der Waals surface area contributed by atoms with E-state index in [-0.39, 0.29) is 13.2 Å². The summed E-state index contributed by atoms with van der Waals surface area (Å²) in [6, 6.07) is 0. The molecule has 1 N–H and O–H groups in total. The third kappa shape index (κ3) is 7.81. The van der Waals surface area contributed by atoms with Gasteiger partial charge >= 0.3 is 6.18 Å². The van der Waals surface area contributed by atoms with Crippen LogP contribution in [0.1, 0.15) is 12.8 Å². The van der Waals surface area contributed by atoms with Crippen LogP contribution in [-0.4, -0.2) is 42.9 Å². The predicted octanol–water partition coefficient (Wildman–Crippen LogP) is 1.25. The lowest BCUT2D eigenvalue weighted by atomic mass is 10.3. The van der Waals surface area contributed by atoms with E-state index in [0.717, 1.165) is 0 Å². The summed E-state index contributed by atoms with van der Waals surface area (Å²) in [6.45, 7) is 0.534. The number of halogens is 3. The minimum absolute atomic E-state index is 0.00347. The van der Waals surface area contributed by atoms with Gasteiger partial charge in [0.05, 0.1) is 6.42 Å². The van der Waals surface area contributed by atoms with Gasteiger partial charge in [-0.25, -0.2) is 0 Å². The number of rotatable bonds is 5. The van der Waals surface area contributed by atoms with Gasteiger partial charge in [-0.3, -0.25) is 0 Å². The normalized spacial score (nSPS) is 12.5. The summed E-state index contributed by atoms with van der Waals surface area (Å²) in [6.07, 6.45) is -4.34. The van der Waals surface area contributed by atoms with Crippen LogP contribution in [0.4, 0.5) is 13.2 Å². The molecule has 0 fully saturated rings. The maximum atomic E-state index is 11.7. The van der Waals surface area contributed by atoms with Crippen LogP contribution in [0, 0.1) is 0 Å². The van der Waals surface area contributed by atoms with Crippen molar-refractivity contribution in [1.29, 1.82) is 0 Å². The minimum Gasteiger partial charge on any atom is -0.396 e. The summed E-state index contributed by atoms with van der Waals surface area (Å²) in [7, 11) is 1.61. The zero-order valence-corrected chi connectivity index (χ0v) is 7.06. The maximum Gasteiger partial charge on any atom is 0.390 e. The van der Waals surface area contributed by atoms with Crippen molar-refractivity contribution >= 4 is 0 Å². The number of hydrogen-bond donors (Lipinski definition) is 1. The van der Waals surface area contributed by atoms with E-state index < -0.39 is 12.6 Å². The van der Waals surface area contributed by atoms with Crippen LogP contribution in [0.2, 0.25) is 0 Å². The summed E-state index contributed by atoms with van der Waals surface area (Å²) >= 11 is 0. The van der Waals surface area contributed by atoms with Crippen molar-refractivity contribution in [3.8, 4) is 0 Å². The fraction of sp³-hybridized carbons (Fsp3) is 1.00. The van der Waals surface area contributed by atoms with Crippen molar-refractivity contribution < 1.29 is 18.3 Å². The van der Waals surface area contributed by atoms with E-state index in [1.54, 1.807) is 11.9 Å². The molecule has 0 aromatic rings. The van der Waals surface area contributed by atoms with E-state index in [2.05, 4.69) is 0 Å². The van der Waals surface area contributed by atoms with Gasteiger partial charge in [-0.1, -0.05) is 0 Å². The van der Waals surface area contributed by atoms with Crippen LogP contribution in [0.15, 0.2) is 0 Å². The zero-order valence-electron chi connectivity index (χ0n) is 7.06. The van der Waals surface area contributed by atoms with Gasteiger partial charge in [0.1, 0.15) is 0 Å². The SMILES string of the molecule is CN(CCCO)CCC(F)(F)F. The highest BCUT2D eigenvalue weighted by molar-refractivity contribution is 4.56. The molecule has 0 amide bonds. The van der Waals surface area contributed by atoms with Gasteiger partial charge in [0.2, 0.25) is 0 Å². The molecule has 0 aliphatic carbocycles. The van der Waals surface area contributed by atoms with Gasteiger partial charge in [0, 0.05) is 19.7 Å². The molecule has 2 nitrogen and oxygen atoms in total. The van der Waals surface area contributed by atoms with Crippen LogP contribution >= 0.6 is 0 Å². The fourth-order valence-electron chi connectivity index (χ4n) is 0.770. The lowest BCUT2D eigenvalue weighted by Crippen LogP contribution is -2.25. The van der Waals surface area contributed by atoms with Gasteiger partial charge in [0.25, 0.3) is 0 Å². The van der Waals surface area contributed by atoms with Gasteiger partial charge in [0.15, 0.2) is 0 Å². The van der Waals surface area contributed by atoms with Crippen molar-refractivity contribution in [3.63, 3.8) is 0 Å². The number of alkyl halides is 3. The van der Waals surface area contributed by atoms with Crippen LogP contribution in [-0.2, 0) is 0 Å². The van der Waals surface area contributed by atoms with Crippen LogP contribution < -0.4 is 0 Å². The second kappa shape index (κ2) is 5.37. The Bertz CT molecular complexity index is 116. The quantitative estimate of drug-likeness (QED) is 0.696. The average molecular weight is 185 g/mol. The Balaban J connectivity index is 3.37. The fourth-order valence-corrected chi connectivity index (χ4v) is 0.770. The van der Waals surface area contributed by atoms with Gasteiger partial charge < -0.3 is 10.0 Å². The lowest BCUT2D eigenvalue weighted by molar-refractivity contribution is -0.137. The van der Waals surface area contributed by atoms with Gasteiger partial charge in [-0.05, 0) is 13.5 Å². The molecule has 0 saturated heterocycles. The Morgan fingerprint density at radius 2 is 1.83 bits per heavy atom. The van der Waals surface area contributed by atoms with E-state index in [0.29, 0.717) is 13.0 Å². The lowest BCUT2D eigenvalue weighted by Gasteiger charge is -2.16. The summed E-state index contributed by atoms with van der Waals surface area (Å²) in [4.78, 5) is 1.56. The topological polar surface area (TPSA) is 23.5 Å². The van der Waals surface area contributed by atoms with Crippen LogP contribution in [0.25, 0.3) is 0 Å². The van der Waals surface area contributed by atoms with E-state index in [4.69, 9.17) is 5.11 Å². The molecule has 12 heavy (non-hydrogen) atoms. The Morgan fingerprint density at radius 1 is 1.25 bits per heavy atom. The monoisotopic (exact) mass is 185 g/mol. The Morgan fingerprint density at radius 3 is 2.25 bits per heavy atom. The molecule has 0 aliphatic heterocycles. The molecule has 0 bridgehead atoms. The van der Waals surface area contributed by atoms with Crippen LogP contribution in [0.3, 0.4) is 0 Å². The highest BCUT2D eigenvalue weighted by atomic mass is 19.4. The van der Waals surface area contributed by atoms with E-state index in [1.807, 2.05) is 0 Å². The van der Waals surface area contributed by atoms with Gasteiger partial charge in [-0.2, -0.15) is 13.2 Å². The number of aliphatic hydroxyl groups is 1. The van der Waals surface area contributed by atoms with Crippen molar-refractivity contribution in [2.45, 2.75) is 19.0 Å². The molecular formula is C7H14F3NO. The standard InChI is InChI=1S/C7H14F3NO/c1-11(4-2-6-12)5-3-7(8,9)10/h12H,2-6H2,1H3. The summed E-state index contributed by atoms with van der Waals surface area (Å²) < 4.78 is 35.0. The molecule has 0 rings (SSSR count).